The van der Waals surface area contributed by atoms with Crippen molar-refractivity contribution in [2.75, 3.05) is 6.61 Å². The van der Waals surface area contributed by atoms with Crippen LogP contribution in [-0.4, -0.2) is 12.6 Å². The van der Waals surface area contributed by atoms with Crippen molar-refractivity contribution in [3.8, 4) is 11.8 Å². The first-order valence-corrected chi connectivity index (χ1v) is 4.58. The number of carbonyl (C=O) groups excluding carboxylic acids is 1. The molecule has 78 valence electrons. The van der Waals surface area contributed by atoms with Crippen molar-refractivity contribution in [3.05, 3.63) is 35.1 Å². The van der Waals surface area contributed by atoms with E-state index in [0.717, 1.165) is 5.56 Å². The highest BCUT2D eigenvalue weighted by Gasteiger charge is 1.98. The van der Waals surface area contributed by atoms with Crippen LogP contribution in [0.15, 0.2) is 18.2 Å². The largest absolute Gasteiger partial charge is 0.456 e. The highest BCUT2D eigenvalue weighted by Crippen LogP contribution is 2.08. The van der Waals surface area contributed by atoms with Crippen molar-refractivity contribution in [3.63, 3.8) is 0 Å². The Bertz CT molecular complexity index is 427. The number of hydrogen-bond donors (Lipinski definition) is 0. The van der Waals surface area contributed by atoms with Gasteiger partial charge in [0, 0.05) is 11.5 Å². The van der Waals surface area contributed by atoms with Gasteiger partial charge >= 0.3 is 5.97 Å². The molecule has 0 radical (unpaired) electrons. The first kappa shape index (κ1) is 11.3. The zero-order valence-electron chi connectivity index (χ0n) is 8.63. The van der Waals surface area contributed by atoms with Crippen LogP contribution in [-0.2, 0) is 9.53 Å². The molecule has 0 aromatic heterocycles. The Balaban J connectivity index is 2.88. The van der Waals surface area contributed by atoms with Crippen molar-refractivity contribution in [1.29, 1.82) is 0 Å². The molecule has 0 saturated carbocycles. The molecule has 2 nitrogen and oxygen atoms in total. The summed E-state index contributed by atoms with van der Waals surface area (Å²) >= 11 is 0. The molecule has 1 aromatic rings. The van der Waals surface area contributed by atoms with Gasteiger partial charge in [-0.1, -0.05) is 12.0 Å². The average Bonchev–Trinajstić information content (AvgIpc) is 2.20. The minimum atomic E-state index is -0.596. The molecule has 0 heterocycles. The lowest BCUT2D eigenvalue weighted by Crippen LogP contribution is -1.99. The van der Waals surface area contributed by atoms with Crippen LogP contribution in [0.4, 0.5) is 4.39 Å². The van der Waals surface area contributed by atoms with Gasteiger partial charge in [-0.3, -0.25) is 0 Å². The third-order valence-electron chi connectivity index (χ3n) is 1.77. The van der Waals surface area contributed by atoms with Crippen molar-refractivity contribution in [2.45, 2.75) is 13.8 Å². The summed E-state index contributed by atoms with van der Waals surface area (Å²) < 4.78 is 17.5. The Labute approximate surface area is 88.1 Å². The Morgan fingerprint density at radius 3 is 2.93 bits per heavy atom. The van der Waals surface area contributed by atoms with E-state index in [4.69, 9.17) is 0 Å². The Hall–Kier alpha value is -1.82. The monoisotopic (exact) mass is 206 g/mol. The van der Waals surface area contributed by atoms with Gasteiger partial charge in [0.25, 0.3) is 0 Å². The van der Waals surface area contributed by atoms with E-state index in [1.54, 1.807) is 19.9 Å². The summed E-state index contributed by atoms with van der Waals surface area (Å²) in [5, 5.41) is 0. The van der Waals surface area contributed by atoms with E-state index in [1.165, 1.54) is 12.1 Å². The molecule has 15 heavy (non-hydrogen) atoms. The number of ether oxygens (including phenoxy) is 1. The van der Waals surface area contributed by atoms with Gasteiger partial charge in [0.15, 0.2) is 0 Å². The fourth-order valence-electron chi connectivity index (χ4n) is 1.01. The predicted molar refractivity (Wildman–Crippen MR) is 54.6 cm³/mol. The molecule has 0 N–H and O–H groups in total. The number of benzene rings is 1. The molecular weight excluding hydrogens is 195 g/mol. The maximum atomic E-state index is 12.8. The van der Waals surface area contributed by atoms with Crippen LogP contribution in [0.2, 0.25) is 0 Å². The quantitative estimate of drug-likeness (QED) is 0.519. The molecule has 1 rings (SSSR count). The SMILES string of the molecule is CCOC(=O)C#Cc1cc(F)ccc1C. The Kier molecular flexibility index (Phi) is 3.87. The second kappa shape index (κ2) is 5.16. The second-order valence-corrected chi connectivity index (χ2v) is 2.93. The van der Waals surface area contributed by atoms with Crippen molar-refractivity contribution < 1.29 is 13.9 Å². The molecular formula is C12H11FO2. The van der Waals surface area contributed by atoms with Crippen molar-refractivity contribution >= 4 is 5.97 Å². The van der Waals surface area contributed by atoms with E-state index in [-0.39, 0.29) is 12.4 Å². The van der Waals surface area contributed by atoms with E-state index < -0.39 is 5.97 Å². The molecule has 0 unspecified atom stereocenters. The normalized spacial score (nSPS) is 9.00. The van der Waals surface area contributed by atoms with E-state index in [1.807, 2.05) is 0 Å². The van der Waals surface area contributed by atoms with Gasteiger partial charge in [-0.15, -0.1) is 0 Å². The van der Waals surface area contributed by atoms with Gasteiger partial charge in [0.2, 0.25) is 0 Å². The minimum absolute atomic E-state index is 0.287. The van der Waals surface area contributed by atoms with Crippen molar-refractivity contribution in [2.24, 2.45) is 0 Å². The second-order valence-electron chi connectivity index (χ2n) is 2.93. The first-order valence-electron chi connectivity index (χ1n) is 4.58. The van der Waals surface area contributed by atoms with Crippen LogP contribution in [0.3, 0.4) is 0 Å². The zero-order valence-corrected chi connectivity index (χ0v) is 8.63. The van der Waals surface area contributed by atoms with Crippen LogP contribution in [0.5, 0.6) is 0 Å². The highest BCUT2D eigenvalue weighted by molar-refractivity contribution is 5.89. The Morgan fingerprint density at radius 2 is 2.27 bits per heavy atom. The third-order valence-corrected chi connectivity index (χ3v) is 1.77. The molecule has 0 aliphatic carbocycles. The van der Waals surface area contributed by atoms with Gasteiger partial charge in [-0.2, -0.15) is 0 Å². The standard InChI is InChI=1S/C12H11FO2/c1-3-15-12(14)7-5-10-8-11(13)6-4-9(10)2/h4,6,8H,3H2,1-2H3. The number of carbonyl (C=O) groups is 1. The van der Waals surface area contributed by atoms with Crippen LogP contribution >= 0.6 is 0 Å². The lowest BCUT2D eigenvalue weighted by atomic mass is 10.1. The van der Waals surface area contributed by atoms with Crippen molar-refractivity contribution in [1.82, 2.24) is 0 Å². The van der Waals surface area contributed by atoms with Gasteiger partial charge in [-0.05, 0) is 31.5 Å². The number of hydrogen-bond acceptors (Lipinski definition) is 2. The number of rotatable bonds is 1. The van der Waals surface area contributed by atoms with E-state index in [2.05, 4.69) is 16.6 Å². The fraction of sp³-hybridized carbons (Fsp3) is 0.250. The average molecular weight is 206 g/mol. The minimum Gasteiger partial charge on any atom is -0.456 e. The Morgan fingerprint density at radius 1 is 1.53 bits per heavy atom. The lowest BCUT2D eigenvalue weighted by molar-refractivity contribution is -0.136. The molecule has 0 amide bonds. The van der Waals surface area contributed by atoms with E-state index >= 15 is 0 Å². The molecule has 0 saturated heterocycles. The van der Waals surface area contributed by atoms with Gasteiger partial charge < -0.3 is 4.74 Å². The molecule has 1 aromatic carbocycles. The number of aryl methyl sites for hydroxylation is 1. The summed E-state index contributed by atoms with van der Waals surface area (Å²) in [5.74, 6) is 3.90. The lowest BCUT2D eigenvalue weighted by Gasteiger charge is -1.96. The molecule has 3 heteroatoms. The third kappa shape index (κ3) is 3.43. The zero-order chi connectivity index (χ0) is 11.3. The van der Waals surface area contributed by atoms with Crippen LogP contribution in [0, 0.1) is 24.6 Å². The summed E-state index contributed by atoms with van der Waals surface area (Å²) in [6.45, 7) is 3.79. The summed E-state index contributed by atoms with van der Waals surface area (Å²) in [5.41, 5.74) is 1.33. The summed E-state index contributed by atoms with van der Waals surface area (Å²) in [6.07, 6.45) is 0. The maximum absolute atomic E-state index is 12.8. The van der Waals surface area contributed by atoms with Crippen LogP contribution in [0.1, 0.15) is 18.1 Å². The molecule has 0 fully saturated rings. The van der Waals surface area contributed by atoms with E-state index in [9.17, 15) is 9.18 Å². The predicted octanol–water partition coefficient (Wildman–Crippen LogP) is 2.05. The summed E-state index contributed by atoms with van der Waals surface area (Å²) in [4.78, 5) is 10.9. The van der Waals surface area contributed by atoms with Crippen LogP contribution < -0.4 is 0 Å². The van der Waals surface area contributed by atoms with Gasteiger partial charge in [0.05, 0.1) is 6.61 Å². The highest BCUT2D eigenvalue weighted by atomic mass is 19.1. The molecule has 0 spiro atoms. The smallest absolute Gasteiger partial charge is 0.384 e. The first-order chi connectivity index (χ1) is 7.13. The maximum Gasteiger partial charge on any atom is 0.384 e. The van der Waals surface area contributed by atoms with Gasteiger partial charge in [-0.25, -0.2) is 9.18 Å². The summed E-state index contributed by atoms with van der Waals surface area (Å²) in [7, 11) is 0. The fourth-order valence-corrected chi connectivity index (χ4v) is 1.01. The summed E-state index contributed by atoms with van der Waals surface area (Å²) in [6, 6.07) is 4.26. The van der Waals surface area contributed by atoms with E-state index in [0.29, 0.717) is 5.56 Å². The molecule has 0 atom stereocenters. The number of halogens is 1. The molecule has 0 aliphatic rings. The molecule has 0 aliphatic heterocycles. The molecule has 0 bridgehead atoms. The van der Waals surface area contributed by atoms with Gasteiger partial charge in [0.1, 0.15) is 5.82 Å². The van der Waals surface area contributed by atoms with Crippen LogP contribution in [0.25, 0.3) is 0 Å². The number of esters is 1. The topological polar surface area (TPSA) is 26.3 Å².